The van der Waals surface area contributed by atoms with Gasteiger partial charge in [-0.05, 0) is 43.2 Å². The van der Waals surface area contributed by atoms with Crippen LogP contribution < -0.4 is 4.57 Å². The first-order valence-electron chi connectivity index (χ1n) is 7.63. The van der Waals surface area contributed by atoms with Crippen LogP contribution in [0.5, 0.6) is 0 Å². The Kier molecular flexibility index (Phi) is 3.20. The van der Waals surface area contributed by atoms with Gasteiger partial charge >= 0.3 is 0 Å². The van der Waals surface area contributed by atoms with Crippen molar-refractivity contribution >= 4 is 31.5 Å². The van der Waals surface area contributed by atoms with Crippen molar-refractivity contribution in [1.29, 1.82) is 0 Å². The molecule has 2 aromatic heterocycles. The minimum atomic E-state index is -0.132. The van der Waals surface area contributed by atoms with Crippen LogP contribution in [0.15, 0.2) is 48.7 Å². The number of aryl methyl sites for hydroxylation is 3. The van der Waals surface area contributed by atoms with Crippen LogP contribution in [-0.4, -0.2) is 0 Å². The van der Waals surface area contributed by atoms with Crippen molar-refractivity contribution in [1.82, 2.24) is 0 Å². The molecule has 0 radical (unpaired) electrons. The molecule has 23 heavy (non-hydrogen) atoms. The van der Waals surface area contributed by atoms with Gasteiger partial charge in [-0.1, -0.05) is 12.1 Å². The summed E-state index contributed by atoms with van der Waals surface area (Å²) in [7, 11) is 2.06. The molecule has 1 nitrogen and oxygen atoms in total. The second-order valence-corrected chi connectivity index (χ2v) is 7.08. The number of fused-ring (bicyclic) bond motifs is 3. The lowest BCUT2D eigenvalue weighted by molar-refractivity contribution is -0.660. The number of thiophene rings is 1. The Morgan fingerprint density at radius 3 is 2.57 bits per heavy atom. The molecule has 4 rings (SSSR count). The average Bonchev–Trinajstić information content (AvgIpc) is 2.86. The van der Waals surface area contributed by atoms with Gasteiger partial charge in [-0.2, -0.15) is 0 Å². The summed E-state index contributed by atoms with van der Waals surface area (Å²) in [5.74, 6) is -0.132. The molecule has 2 aromatic carbocycles. The summed E-state index contributed by atoms with van der Waals surface area (Å²) in [6, 6.07) is 14.2. The standard InChI is InChI=1S/C20H17FNS/c1-12-7-8-14-15-10-13(2)16(21)11-18(15)23-20(14)19(12)17-6-4-5-9-22(17)3/h4-11H,1-3H3/q+1. The monoisotopic (exact) mass is 322 g/mol. The third-order valence-electron chi connectivity index (χ3n) is 4.44. The van der Waals surface area contributed by atoms with Gasteiger partial charge in [0.1, 0.15) is 12.9 Å². The fourth-order valence-corrected chi connectivity index (χ4v) is 4.49. The van der Waals surface area contributed by atoms with Gasteiger partial charge in [-0.25, -0.2) is 8.96 Å². The maximum atomic E-state index is 13.9. The molecule has 0 unspecified atom stereocenters. The van der Waals surface area contributed by atoms with Crippen LogP contribution in [0.3, 0.4) is 0 Å². The number of rotatable bonds is 1. The summed E-state index contributed by atoms with van der Waals surface area (Å²) < 4.78 is 18.3. The van der Waals surface area contributed by atoms with E-state index in [1.54, 1.807) is 17.4 Å². The maximum absolute atomic E-state index is 13.9. The van der Waals surface area contributed by atoms with E-state index in [0.29, 0.717) is 5.56 Å². The number of nitrogens with zero attached hydrogens (tertiary/aromatic N) is 1. The first kappa shape index (κ1) is 14.3. The largest absolute Gasteiger partial charge is 0.213 e. The lowest BCUT2D eigenvalue weighted by Gasteiger charge is -2.06. The quantitative estimate of drug-likeness (QED) is 0.419. The Morgan fingerprint density at radius 1 is 0.957 bits per heavy atom. The van der Waals surface area contributed by atoms with E-state index in [0.717, 1.165) is 10.1 Å². The topological polar surface area (TPSA) is 3.88 Å². The Morgan fingerprint density at radius 2 is 1.78 bits per heavy atom. The molecule has 114 valence electrons. The van der Waals surface area contributed by atoms with Crippen molar-refractivity contribution in [3.63, 3.8) is 0 Å². The molecule has 0 saturated heterocycles. The summed E-state index contributed by atoms with van der Waals surface area (Å²) in [5, 5.41) is 2.35. The smallest absolute Gasteiger partial charge is 0.207 e. The van der Waals surface area contributed by atoms with Crippen molar-refractivity contribution in [2.45, 2.75) is 13.8 Å². The van der Waals surface area contributed by atoms with Crippen molar-refractivity contribution < 1.29 is 8.96 Å². The summed E-state index contributed by atoms with van der Waals surface area (Å²) in [6.07, 6.45) is 2.06. The van der Waals surface area contributed by atoms with E-state index in [2.05, 4.69) is 49.0 Å². The van der Waals surface area contributed by atoms with Crippen molar-refractivity contribution in [2.75, 3.05) is 0 Å². The zero-order valence-corrected chi connectivity index (χ0v) is 14.2. The van der Waals surface area contributed by atoms with Gasteiger partial charge < -0.3 is 0 Å². The van der Waals surface area contributed by atoms with Crippen LogP contribution in [0.1, 0.15) is 11.1 Å². The fraction of sp³-hybridized carbons (Fsp3) is 0.150. The molecule has 0 N–H and O–H groups in total. The first-order chi connectivity index (χ1) is 11.1. The summed E-state index contributed by atoms with van der Waals surface area (Å²) >= 11 is 1.68. The Hall–Kier alpha value is -2.26. The van der Waals surface area contributed by atoms with Crippen molar-refractivity contribution in [2.24, 2.45) is 7.05 Å². The molecule has 0 atom stereocenters. The van der Waals surface area contributed by atoms with Crippen molar-refractivity contribution in [3.8, 4) is 11.3 Å². The highest BCUT2D eigenvalue weighted by Gasteiger charge is 2.18. The van der Waals surface area contributed by atoms with Crippen LogP contribution in [-0.2, 0) is 7.05 Å². The lowest BCUT2D eigenvalue weighted by atomic mass is 10.0. The van der Waals surface area contributed by atoms with Gasteiger partial charge in [0.15, 0.2) is 6.20 Å². The van der Waals surface area contributed by atoms with E-state index < -0.39 is 0 Å². The molecule has 0 amide bonds. The predicted octanol–water partition coefficient (Wildman–Crippen LogP) is 5.30. The number of pyridine rings is 1. The van der Waals surface area contributed by atoms with E-state index >= 15 is 0 Å². The highest BCUT2D eigenvalue weighted by molar-refractivity contribution is 7.26. The first-order valence-corrected chi connectivity index (χ1v) is 8.45. The Bertz CT molecular complexity index is 1060. The summed E-state index contributed by atoms with van der Waals surface area (Å²) in [6.45, 7) is 3.96. The van der Waals surface area contributed by atoms with Crippen LogP contribution in [0.25, 0.3) is 31.4 Å². The number of hydrogen-bond acceptors (Lipinski definition) is 1. The number of hydrogen-bond donors (Lipinski definition) is 0. The van der Waals surface area contributed by atoms with E-state index in [1.165, 1.54) is 26.9 Å². The SMILES string of the molecule is Cc1cc2c(cc1F)sc1c(-c3cccc[n+]3C)c(C)ccc12. The number of aromatic nitrogens is 1. The number of benzene rings is 2. The summed E-state index contributed by atoms with van der Waals surface area (Å²) in [4.78, 5) is 0. The number of halogens is 1. The summed E-state index contributed by atoms with van der Waals surface area (Å²) in [5.41, 5.74) is 4.36. The molecule has 0 spiro atoms. The molecule has 0 aliphatic carbocycles. The zero-order chi connectivity index (χ0) is 16.1. The van der Waals surface area contributed by atoms with Gasteiger partial charge in [-0.15, -0.1) is 11.3 Å². The van der Waals surface area contributed by atoms with E-state index in [9.17, 15) is 4.39 Å². The third-order valence-corrected chi connectivity index (χ3v) is 5.63. The molecule has 0 saturated carbocycles. The third kappa shape index (κ3) is 2.15. The van der Waals surface area contributed by atoms with Gasteiger partial charge in [0.2, 0.25) is 5.69 Å². The molecule has 3 heteroatoms. The molecule has 2 heterocycles. The predicted molar refractivity (Wildman–Crippen MR) is 95.4 cm³/mol. The highest BCUT2D eigenvalue weighted by Crippen LogP contribution is 2.41. The highest BCUT2D eigenvalue weighted by atomic mass is 32.1. The molecule has 0 aliphatic heterocycles. The van der Waals surface area contributed by atoms with E-state index in [4.69, 9.17) is 0 Å². The second-order valence-electron chi connectivity index (χ2n) is 6.03. The normalized spacial score (nSPS) is 11.5. The van der Waals surface area contributed by atoms with Crippen LogP contribution >= 0.6 is 11.3 Å². The molecular formula is C20H17FNS+. The fourth-order valence-electron chi connectivity index (χ4n) is 3.17. The Balaban J connectivity index is 2.16. The Labute approximate surface area is 138 Å². The molecule has 0 bridgehead atoms. The molecule has 0 fully saturated rings. The van der Waals surface area contributed by atoms with E-state index in [1.807, 2.05) is 19.1 Å². The maximum Gasteiger partial charge on any atom is 0.213 e. The van der Waals surface area contributed by atoms with Gasteiger partial charge in [0, 0.05) is 32.3 Å². The lowest BCUT2D eigenvalue weighted by Crippen LogP contribution is -2.30. The minimum Gasteiger partial charge on any atom is -0.207 e. The van der Waals surface area contributed by atoms with E-state index in [-0.39, 0.29) is 5.82 Å². The molecular weight excluding hydrogens is 305 g/mol. The average molecular weight is 322 g/mol. The van der Waals surface area contributed by atoms with Crippen molar-refractivity contribution in [3.05, 3.63) is 65.6 Å². The second kappa shape index (κ2) is 5.14. The van der Waals surface area contributed by atoms with Gasteiger partial charge in [0.05, 0.1) is 5.56 Å². The molecule has 0 aliphatic rings. The van der Waals surface area contributed by atoms with Gasteiger partial charge in [0.25, 0.3) is 0 Å². The molecule has 4 aromatic rings. The van der Waals surface area contributed by atoms with Crippen LogP contribution in [0.2, 0.25) is 0 Å². The minimum absolute atomic E-state index is 0.132. The van der Waals surface area contributed by atoms with Crippen LogP contribution in [0.4, 0.5) is 4.39 Å². The van der Waals surface area contributed by atoms with Gasteiger partial charge in [-0.3, -0.25) is 0 Å². The van der Waals surface area contributed by atoms with Crippen LogP contribution in [0, 0.1) is 19.7 Å². The zero-order valence-electron chi connectivity index (χ0n) is 13.4.